The molecule has 2 heterocycles. The standard InChI is InChI=1S/C15H17N5/c1-12(11-20-8-4-7-18-20)16-9-13-10-17-14-5-2-3-6-15(14)19-13/h2-8,10,12,16H,9,11H2,1H3. The van der Waals surface area contributed by atoms with Crippen LogP contribution in [0.1, 0.15) is 12.6 Å². The van der Waals surface area contributed by atoms with Crippen LogP contribution in [-0.4, -0.2) is 25.8 Å². The highest BCUT2D eigenvalue weighted by atomic mass is 15.3. The minimum Gasteiger partial charge on any atom is -0.307 e. The number of fused-ring (bicyclic) bond motifs is 1. The molecule has 0 saturated heterocycles. The van der Waals surface area contributed by atoms with Gasteiger partial charge in [-0.2, -0.15) is 5.10 Å². The molecule has 1 atom stereocenters. The maximum atomic E-state index is 4.60. The van der Waals surface area contributed by atoms with E-state index in [1.165, 1.54) is 0 Å². The molecule has 3 rings (SSSR count). The number of benzene rings is 1. The van der Waals surface area contributed by atoms with E-state index < -0.39 is 0 Å². The average Bonchev–Trinajstić information content (AvgIpc) is 2.98. The van der Waals surface area contributed by atoms with Crippen LogP contribution in [0.2, 0.25) is 0 Å². The van der Waals surface area contributed by atoms with Crippen LogP contribution in [-0.2, 0) is 13.1 Å². The molecule has 0 aliphatic carbocycles. The minimum absolute atomic E-state index is 0.322. The highest BCUT2D eigenvalue weighted by Gasteiger charge is 2.04. The molecule has 1 aromatic carbocycles. The van der Waals surface area contributed by atoms with Gasteiger partial charge < -0.3 is 5.32 Å². The normalized spacial score (nSPS) is 12.7. The maximum Gasteiger partial charge on any atom is 0.0890 e. The smallest absolute Gasteiger partial charge is 0.0890 e. The van der Waals surface area contributed by atoms with Crippen molar-refractivity contribution < 1.29 is 0 Å². The second kappa shape index (κ2) is 5.79. The number of nitrogens with zero attached hydrogens (tertiary/aromatic N) is 4. The third-order valence-electron chi connectivity index (χ3n) is 3.15. The lowest BCUT2D eigenvalue weighted by Gasteiger charge is -2.13. The Kier molecular flexibility index (Phi) is 3.69. The molecule has 0 aliphatic heterocycles. The first kappa shape index (κ1) is 12.7. The molecule has 0 aliphatic rings. The molecule has 2 aromatic heterocycles. The third-order valence-corrected chi connectivity index (χ3v) is 3.15. The number of hydrogen-bond acceptors (Lipinski definition) is 4. The molecule has 5 nitrogen and oxygen atoms in total. The molecule has 1 N–H and O–H groups in total. The number of rotatable bonds is 5. The van der Waals surface area contributed by atoms with Crippen molar-refractivity contribution in [1.82, 2.24) is 25.1 Å². The summed E-state index contributed by atoms with van der Waals surface area (Å²) in [4.78, 5) is 9.01. The van der Waals surface area contributed by atoms with Crippen molar-refractivity contribution in [3.63, 3.8) is 0 Å². The lowest BCUT2D eigenvalue weighted by atomic mass is 10.3. The van der Waals surface area contributed by atoms with Gasteiger partial charge in [0.25, 0.3) is 0 Å². The van der Waals surface area contributed by atoms with Crippen molar-refractivity contribution in [3.8, 4) is 0 Å². The Morgan fingerprint density at radius 1 is 1.20 bits per heavy atom. The third kappa shape index (κ3) is 3.00. The molecule has 0 fully saturated rings. The molecule has 1 unspecified atom stereocenters. The summed E-state index contributed by atoms with van der Waals surface area (Å²) in [5, 5.41) is 7.64. The van der Waals surface area contributed by atoms with Crippen LogP contribution in [0.25, 0.3) is 11.0 Å². The van der Waals surface area contributed by atoms with Crippen LogP contribution in [0.3, 0.4) is 0 Å². The zero-order chi connectivity index (χ0) is 13.8. The first-order valence-corrected chi connectivity index (χ1v) is 6.73. The van der Waals surface area contributed by atoms with E-state index in [1.807, 2.05) is 47.4 Å². The van der Waals surface area contributed by atoms with Crippen LogP contribution in [0.5, 0.6) is 0 Å². The summed E-state index contributed by atoms with van der Waals surface area (Å²) in [6.07, 6.45) is 5.59. The van der Waals surface area contributed by atoms with Crippen molar-refractivity contribution in [3.05, 3.63) is 54.6 Å². The molecule has 0 radical (unpaired) electrons. The fourth-order valence-electron chi connectivity index (χ4n) is 2.11. The Hall–Kier alpha value is -2.27. The van der Waals surface area contributed by atoms with E-state index in [-0.39, 0.29) is 0 Å². The number of para-hydroxylation sites is 2. The number of nitrogens with one attached hydrogen (secondary N) is 1. The molecule has 20 heavy (non-hydrogen) atoms. The van der Waals surface area contributed by atoms with Crippen molar-refractivity contribution in [2.24, 2.45) is 0 Å². The Bertz CT molecular complexity index is 678. The second-order valence-corrected chi connectivity index (χ2v) is 4.86. The van der Waals surface area contributed by atoms with Crippen LogP contribution in [0.4, 0.5) is 0 Å². The van der Waals surface area contributed by atoms with E-state index in [4.69, 9.17) is 0 Å². The fraction of sp³-hybridized carbons (Fsp3) is 0.267. The molecule has 102 valence electrons. The highest BCUT2D eigenvalue weighted by Crippen LogP contribution is 2.08. The second-order valence-electron chi connectivity index (χ2n) is 4.86. The molecular formula is C15H17N5. The largest absolute Gasteiger partial charge is 0.307 e. The summed E-state index contributed by atoms with van der Waals surface area (Å²) in [7, 11) is 0. The molecule has 3 aromatic rings. The molecule has 5 heteroatoms. The van der Waals surface area contributed by atoms with E-state index in [0.29, 0.717) is 12.6 Å². The Morgan fingerprint density at radius 2 is 2.05 bits per heavy atom. The monoisotopic (exact) mass is 267 g/mol. The quantitative estimate of drug-likeness (QED) is 0.768. The number of aromatic nitrogens is 4. The summed E-state index contributed by atoms with van der Waals surface area (Å²) in [5.74, 6) is 0. The maximum absolute atomic E-state index is 4.60. The first-order chi connectivity index (χ1) is 9.81. The topological polar surface area (TPSA) is 55.6 Å². The lowest BCUT2D eigenvalue weighted by molar-refractivity contribution is 0.448. The van der Waals surface area contributed by atoms with Gasteiger partial charge in [-0.3, -0.25) is 9.67 Å². The van der Waals surface area contributed by atoms with Gasteiger partial charge in [0.1, 0.15) is 0 Å². The first-order valence-electron chi connectivity index (χ1n) is 6.73. The SMILES string of the molecule is CC(Cn1cccn1)NCc1cnc2ccccc2n1. The van der Waals surface area contributed by atoms with Gasteiger partial charge in [0.05, 0.1) is 29.5 Å². The van der Waals surface area contributed by atoms with Crippen LogP contribution >= 0.6 is 0 Å². The average molecular weight is 267 g/mol. The van der Waals surface area contributed by atoms with E-state index in [9.17, 15) is 0 Å². The summed E-state index contributed by atoms with van der Waals surface area (Å²) in [6.45, 7) is 3.68. The molecule has 0 amide bonds. The fourth-order valence-corrected chi connectivity index (χ4v) is 2.11. The molecule has 0 saturated carbocycles. The van der Waals surface area contributed by atoms with Crippen molar-refractivity contribution in [1.29, 1.82) is 0 Å². The summed E-state index contributed by atoms with van der Waals surface area (Å²) in [6, 6.07) is 10.2. The Balaban J connectivity index is 1.61. The van der Waals surface area contributed by atoms with Crippen LogP contribution < -0.4 is 5.32 Å². The summed E-state index contributed by atoms with van der Waals surface area (Å²) in [5.41, 5.74) is 2.82. The highest BCUT2D eigenvalue weighted by molar-refractivity contribution is 5.73. The van der Waals surface area contributed by atoms with Crippen molar-refractivity contribution in [2.75, 3.05) is 0 Å². The van der Waals surface area contributed by atoms with E-state index in [0.717, 1.165) is 23.3 Å². The van der Waals surface area contributed by atoms with Gasteiger partial charge in [0.2, 0.25) is 0 Å². The van der Waals surface area contributed by atoms with E-state index in [1.54, 1.807) is 6.20 Å². The van der Waals surface area contributed by atoms with Gasteiger partial charge in [-0.25, -0.2) is 4.98 Å². The molecule has 0 bridgehead atoms. The molecular weight excluding hydrogens is 250 g/mol. The Labute approximate surface area is 117 Å². The van der Waals surface area contributed by atoms with E-state index in [2.05, 4.69) is 27.3 Å². The lowest BCUT2D eigenvalue weighted by Crippen LogP contribution is -2.30. The van der Waals surface area contributed by atoms with Gasteiger partial charge in [-0.15, -0.1) is 0 Å². The van der Waals surface area contributed by atoms with Crippen molar-refractivity contribution in [2.45, 2.75) is 26.1 Å². The summed E-state index contributed by atoms with van der Waals surface area (Å²) < 4.78 is 1.92. The van der Waals surface area contributed by atoms with Gasteiger partial charge in [0.15, 0.2) is 0 Å². The summed E-state index contributed by atoms with van der Waals surface area (Å²) >= 11 is 0. The number of hydrogen-bond donors (Lipinski definition) is 1. The van der Waals surface area contributed by atoms with Gasteiger partial charge in [-0.1, -0.05) is 12.1 Å². The van der Waals surface area contributed by atoms with Crippen LogP contribution in [0.15, 0.2) is 48.9 Å². The minimum atomic E-state index is 0.322. The van der Waals surface area contributed by atoms with E-state index >= 15 is 0 Å². The van der Waals surface area contributed by atoms with Gasteiger partial charge >= 0.3 is 0 Å². The zero-order valence-electron chi connectivity index (χ0n) is 11.4. The molecule has 0 spiro atoms. The van der Waals surface area contributed by atoms with Gasteiger partial charge in [0, 0.05) is 25.0 Å². The zero-order valence-corrected chi connectivity index (χ0v) is 11.4. The van der Waals surface area contributed by atoms with Gasteiger partial charge in [-0.05, 0) is 25.1 Å². The van der Waals surface area contributed by atoms with Crippen LogP contribution in [0, 0.1) is 0 Å². The Morgan fingerprint density at radius 3 is 2.85 bits per heavy atom. The predicted octanol–water partition coefficient (Wildman–Crippen LogP) is 2.00. The van der Waals surface area contributed by atoms with Crippen molar-refractivity contribution >= 4 is 11.0 Å². The predicted molar refractivity (Wildman–Crippen MR) is 78.1 cm³/mol.